The summed E-state index contributed by atoms with van der Waals surface area (Å²) in [5, 5.41) is 11.6. The van der Waals surface area contributed by atoms with E-state index < -0.39 is 6.17 Å². The third-order valence-corrected chi connectivity index (χ3v) is 5.62. The number of amidine groups is 1. The van der Waals surface area contributed by atoms with E-state index >= 15 is 0 Å². The van der Waals surface area contributed by atoms with E-state index in [0.717, 1.165) is 40.5 Å². The van der Waals surface area contributed by atoms with Crippen LogP contribution in [-0.2, 0) is 4.79 Å². The minimum absolute atomic E-state index is 0.144. The van der Waals surface area contributed by atoms with Gasteiger partial charge < -0.3 is 4.74 Å². The first-order valence-electron chi connectivity index (χ1n) is 9.34. The number of hydrogen-bond acceptors (Lipinski definition) is 6. The minimum Gasteiger partial charge on any atom is -0.497 e. The molecule has 4 rings (SSSR count). The lowest BCUT2D eigenvalue weighted by Crippen LogP contribution is -2.50. The highest BCUT2D eigenvalue weighted by atomic mass is 32.2. The van der Waals surface area contributed by atoms with Crippen LogP contribution in [0.25, 0.3) is 5.70 Å². The van der Waals surface area contributed by atoms with Gasteiger partial charge in [0.25, 0.3) is 5.91 Å². The number of para-hydroxylation sites is 1. The molecule has 2 aromatic carbocycles. The van der Waals surface area contributed by atoms with Crippen LogP contribution in [0.15, 0.2) is 58.6 Å². The standard InChI is InChI=1S/C21H22N4O2S/c1-3-4-13-28-21-23-20(26)18-16-7-5-6-8-17(16)22-19(25(18)24-21)14-9-11-15(27-2)12-10-14/h5-12,19H,3-4,13H2,1-2H3,(H,23,24,26)/t19-/m1/s1. The summed E-state index contributed by atoms with van der Waals surface area (Å²) in [6.45, 7) is 2.15. The lowest BCUT2D eigenvalue weighted by atomic mass is 10.1. The summed E-state index contributed by atoms with van der Waals surface area (Å²) in [5.41, 5.74) is 1.48. The molecule has 0 aromatic heterocycles. The molecule has 0 bridgehead atoms. The Morgan fingerprint density at radius 3 is 2.71 bits per heavy atom. The van der Waals surface area contributed by atoms with Crippen molar-refractivity contribution in [1.29, 1.82) is 0 Å². The van der Waals surface area contributed by atoms with Crippen LogP contribution in [0.3, 0.4) is 0 Å². The monoisotopic (exact) mass is 394 g/mol. The molecule has 0 fully saturated rings. The van der Waals surface area contributed by atoms with Crippen molar-refractivity contribution in [3.8, 4) is 5.75 Å². The molecule has 144 valence electrons. The average Bonchev–Trinajstić information content (AvgIpc) is 2.73. The number of carbonyl (C=O) groups excluding carboxylic acids is 1. The highest BCUT2D eigenvalue weighted by molar-refractivity contribution is 8.13. The van der Waals surface area contributed by atoms with Gasteiger partial charge in [0.05, 0.1) is 12.5 Å². The van der Waals surface area contributed by atoms with Crippen LogP contribution in [0.1, 0.15) is 31.5 Å². The number of amides is 1. The van der Waals surface area contributed by atoms with E-state index in [9.17, 15) is 4.79 Å². The molecule has 0 saturated heterocycles. The Morgan fingerprint density at radius 1 is 1.18 bits per heavy atom. The fourth-order valence-electron chi connectivity index (χ4n) is 3.20. The van der Waals surface area contributed by atoms with Gasteiger partial charge in [0.15, 0.2) is 11.3 Å². The Hall–Kier alpha value is -2.80. The van der Waals surface area contributed by atoms with Crippen LogP contribution >= 0.6 is 11.8 Å². The number of methoxy groups -OCH3 is 1. The van der Waals surface area contributed by atoms with E-state index in [4.69, 9.17) is 14.8 Å². The van der Waals surface area contributed by atoms with Gasteiger partial charge in [-0.25, -0.2) is 5.01 Å². The van der Waals surface area contributed by atoms with Crippen molar-refractivity contribution in [3.63, 3.8) is 0 Å². The lowest BCUT2D eigenvalue weighted by Gasteiger charge is -2.34. The number of fused-ring (bicyclic) bond motifs is 2. The number of hydrazone groups is 1. The topological polar surface area (TPSA) is 66.3 Å². The van der Waals surface area contributed by atoms with E-state index in [2.05, 4.69) is 12.2 Å². The van der Waals surface area contributed by atoms with Gasteiger partial charge >= 0.3 is 0 Å². The van der Waals surface area contributed by atoms with Gasteiger partial charge in [0.2, 0.25) is 0 Å². The lowest BCUT2D eigenvalue weighted by molar-refractivity contribution is -0.116. The van der Waals surface area contributed by atoms with Crippen molar-refractivity contribution in [2.24, 2.45) is 10.1 Å². The normalized spacial score (nSPS) is 17.9. The molecule has 1 atom stereocenters. The molecular formula is C21H22N4O2S. The van der Waals surface area contributed by atoms with Crippen molar-refractivity contribution in [3.05, 3.63) is 64.7 Å². The largest absolute Gasteiger partial charge is 0.497 e. The number of carbonyl (C=O) groups is 1. The molecule has 1 N–H and O–H groups in total. The van der Waals surface area contributed by atoms with Crippen molar-refractivity contribution in [2.75, 3.05) is 12.9 Å². The van der Waals surface area contributed by atoms with Crippen LogP contribution in [0.2, 0.25) is 0 Å². The zero-order valence-corrected chi connectivity index (χ0v) is 16.7. The maximum atomic E-state index is 13.0. The van der Waals surface area contributed by atoms with Crippen molar-refractivity contribution in [1.82, 2.24) is 10.3 Å². The maximum Gasteiger partial charge on any atom is 0.276 e. The molecule has 1 amide bonds. The first-order valence-corrected chi connectivity index (χ1v) is 10.3. The molecular weight excluding hydrogens is 372 g/mol. The number of rotatable bonds is 5. The highest BCUT2D eigenvalue weighted by Gasteiger charge is 2.34. The molecule has 2 heterocycles. The summed E-state index contributed by atoms with van der Waals surface area (Å²) in [7, 11) is 1.64. The molecule has 28 heavy (non-hydrogen) atoms. The summed E-state index contributed by atoms with van der Waals surface area (Å²) < 4.78 is 5.26. The van der Waals surface area contributed by atoms with Crippen molar-refractivity contribution < 1.29 is 9.53 Å². The van der Waals surface area contributed by atoms with E-state index in [1.165, 1.54) is 0 Å². The predicted molar refractivity (Wildman–Crippen MR) is 111 cm³/mol. The molecule has 6 nitrogen and oxygen atoms in total. The van der Waals surface area contributed by atoms with Crippen LogP contribution < -0.4 is 20.6 Å². The quantitative estimate of drug-likeness (QED) is 0.791. The number of nitrogens with zero attached hydrogens (tertiary/aromatic N) is 3. The number of nitrogens with one attached hydrogen (secondary N) is 1. The second-order valence-electron chi connectivity index (χ2n) is 6.55. The molecule has 0 radical (unpaired) electrons. The Labute approximate surface area is 168 Å². The predicted octanol–water partition coefficient (Wildman–Crippen LogP) is 2.37. The Balaban J connectivity index is 1.81. The highest BCUT2D eigenvalue weighted by Crippen LogP contribution is 2.31. The molecule has 2 aromatic rings. The first-order chi connectivity index (χ1) is 13.7. The second kappa shape index (κ2) is 8.06. The smallest absolute Gasteiger partial charge is 0.276 e. The summed E-state index contributed by atoms with van der Waals surface area (Å²) in [4.78, 5) is 17.9. The third-order valence-electron chi connectivity index (χ3n) is 4.67. The Morgan fingerprint density at radius 2 is 1.96 bits per heavy atom. The third kappa shape index (κ3) is 3.49. The van der Waals surface area contributed by atoms with Gasteiger partial charge in [-0.15, -0.1) is 5.10 Å². The van der Waals surface area contributed by atoms with E-state index in [-0.39, 0.29) is 5.91 Å². The fraction of sp³-hybridized carbons (Fsp3) is 0.286. The van der Waals surface area contributed by atoms with Gasteiger partial charge in [-0.2, -0.15) is 0 Å². The molecule has 0 saturated carbocycles. The zero-order chi connectivity index (χ0) is 19.5. The molecule has 2 aliphatic heterocycles. The Bertz CT molecular complexity index is 1030. The van der Waals surface area contributed by atoms with Gasteiger partial charge in [-0.05, 0) is 30.2 Å². The number of unbranched alkanes of at least 4 members (excludes halogenated alkanes) is 1. The Kier molecular flexibility index (Phi) is 5.34. The van der Waals surface area contributed by atoms with Gasteiger partial charge in [0, 0.05) is 11.0 Å². The molecule has 0 spiro atoms. The number of ether oxygens (including phenoxy) is 1. The first kappa shape index (κ1) is 18.6. The molecule has 2 aliphatic rings. The fourth-order valence-corrected chi connectivity index (χ4v) is 4.14. The second-order valence-corrected chi connectivity index (χ2v) is 7.63. The molecule has 0 aliphatic carbocycles. The van der Waals surface area contributed by atoms with Gasteiger partial charge in [0.1, 0.15) is 11.4 Å². The number of benzene rings is 2. The zero-order valence-electron chi connectivity index (χ0n) is 15.9. The van der Waals surface area contributed by atoms with Crippen LogP contribution in [0, 0.1) is 0 Å². The average molecular weight is 395 g/mol. The van der Waals surface area contributed by atoms with E-state index in [0.29, 0.717) is 10.9 Å². The summed E-state index contributed by atoms with van der Waals surface area (Å²) >= 11 is 1.57. The maximum absolute atomic E-state index is 13.0. The molecule has 7 heteroatoms. The minimum atomic E-state index is -0.399. The van der Waals surface area contributed by atoms with E-state index in [1.807, 2.05) is 48.5 Å². The number of thioether (sulfide) groups is 1. The van der Waals surface area contributed by atoms with Crippen LogP contribution in [0.5, 0.6) is 5.75 Å². The van der Waals surface area contributed by atoms with Crippen molar-refractivity contribution >= 4 is 28.5 Å². The SMILES string of the molecule is CCCCSC1=NN2C(=c3ccccc3=N[C@H]2c2ccc(OC)cc2)C(=O)N1. The summed E-state index contributed by atoms with van der Waals surface area (Å²) in [5.74, 6) is 1.55. The van der Waals surface area contributed by atoms with Gasteiger partial charge in [-0.1, -0.05) is 55.4 Å². The van der Waals surface area contributed by atoms with E-state index in [1.54, 1.807) is 23.9 Å². The number of hydrogen-bond donors (Lipinski definition) is 1. The van der Waals surface area contributed by atoms with Gasteiger partial charge in [-0.3, -0.25) is 15.1 Å². The summed E-state index contributed by atoms with van der Waals surface area (Å²) in [6, 6.07) is 15.4. The summed E-state index contributed by atoms with van der Waals surface area (Å²) in [6.07, 6.45) is 1.78. The molecule has 0 unspecified atom stereocenters. The van der Waals surface area contributed by atoms with Crippen molar-refractivity contribution in [2.45, 2.75) is 25.9 Å². The van der Waals surface area contributed by atoms with Crippen LogP contribution in [-0.4, -0.2) is 28.9 Å². The van der Waals surface area contributed by atoms with Crippen LogP contribution in [0.4, 0.5) is 0 Å².